The number of nitrogens with zero attached hydrogens (tertiary/aromatic N) is 1. The Bertz CT molecular complexity index is 700. The molecule has 9 heteroatoms. The highest BCUT2D eigenvalue weighted by molar-refractivity contribution is 7.89. The number of sulfonamides is 1. The highest BCUT2D eigenvalue weighted by Crippen LogP contribution is 2.15. The van der Waals surface area contributed by atoms with Crippen LogP contribution in [-0.4, -0.2) is 56.0 Å². The molecule has 0 bridgehead atoms. The average molecular weight is 386 g/mol. The topological polar surface area (TPSA) is 113 Å². The van der Waals surface area contributed by atoms with Gasteiger partial charge in [-0.05, 0) is 45.0 Å². The molecule has 2 N–H and O–H groups in total. The Hall–Kier alpha value is -2.13. The fraction of sp³-hybridized carbons (Fsp3) is 0.529. The fourth-order valence-electron chi connectivity index (χ4n) is 2.29. The maximum absolute atomic E-state index is 12.2. The number of carboxylic acid groups (broad SMARTS) is 1. The zero-order valence-electron chi connectivity index (χ0n) is 15.3. The molecule has 0 saturated heterocycles. The van der Waals surface area contributed by atoms with Crippen LogP contribution in [0.1, 0.15) is 33.6 Å². The zero-order valence-corrected chi connectivity index (χ0v) is 16.1. The maximum Gasteiger partial charge on any atom is 0.305 e. The molecule has 1 aromatic rings. The minimum atomic E-state index is -3.73. The summed E-state index contributed by atoms with van der Waals surface area (Å²) >= 11 is 0. The molecule has 1 rings (SSSR count). The Morgan fingerprint density at radius 2 is 1.81 bits per heavy atom. The van der Waals surface area contributed by atoms with Crippen LogP contribution in [0.25, 0.3) is 0 Å². The fourth-order valence-corrected chi connectivity index (χ4v) is 3.32. The van der Waals surface area contributed by atoms with Crippen molar-refractivity contribution in [3.8, 4) is 5.75 Å². The number of aliphatic carboxylic acids is 1. The third-order valence-corrected chi connectivity index (χ3v) is 5.06. The van der Waals surface area contributed by atoms with Crippen molar-refractivity contribution in [2.45, 2.75) is 44.6 Å². The molecule has 0 fully saturated rings. The lowest BCUT2D eigenvalue weighted by molar-refractivity contribution is -0.139. The van der Waals surface area contributed by atoms with Crippen LogP contribution < -0.4 is 9.46 Å². The van der Waals surface area contributed by atoms with Crippen molar-refractivity contribution < 1.29 is 27.9 Å². The van der Waals surface area contributed by atoms with Gasteiger partial charge in [0.05, 0.1) is 17.9 Å². The zero-order chi connectivity index (χ0) is 19.7. The van der Waals surface area contributed by atoms with Crippen LogP contribution in [0, 0.1) is 0 Å². The van der Waals surface area contributed by atoms with Crippen molar-refractivity contribution in [1.82, 2.24) is 9.62 Å². The number of hydrogen-bond donors (Lipinski definition) is 2. The quantitative estimate of drug-likeness (QED) is 0.595. The number of hydrogen-bond acceptors (Lipinski definition) is 5. The van der Waals surface area contributed by atoms with Crippen LogP contribution in [0.15, 0.2) is 29.2 Å². The molecule has 1 aromatic carbocycles. The van der Waals surface area contributed by atoms with E-state index in [0.29, 0.717) is 12.4 Å². The summed E-state index contributed by atoms with van der Waals surface area (Å²) in [6.07, 6.45) is -0.199. The van der Waals surface area contributed by atoms with Crippen LogP contribution >= 0.6 is 0 Å². The van der Waals surface area contributed by atoms with Gasteiger partial charge in [0.2, 0.25) is 15.9 Å². The van der Waals surface area contributed by atoms with Gasteiger partial charge < -0.3 is 14.7 Å². The van der Waals surface area contributed by atoms with Crippen molar-refractivity contribution in [1.29, 1.82) is 0 Å². The van der Waals surface area contributed by atoms with E-state index in [0.717, 1.165) is 0 Å². The molecule has 0 saturated carbocycles. The molecule has 26 heavy (non-hydrogen) atoms. The third kappa shape index (κ3) is 7.01. The Morgan fingerprint density at radius 1 is 1.19 bits per heavy atom. The van der Waals surface area contributed by atoms with Crippen molar-refractivity contribution in [2.24, 2.45) is 0 Å². The number of rotatable bonds is 11. The molecule has 0 aliphatic heterocycles. The normalized spacial score (nSPS) is 11.4. The number of carbonyl (C=O) groups is 2. The molecule has 1 amide bonds. The lowest BCUT2D eigenvalue weighted by atomic mass is 10.2. The first-order chi connectivity index (χ1) is 12.2. The SMILES string of the molecule is CCOc1ccc(S(=O)(=O)NCCC(=O)N(CCC(=O)O)C(C)C)cc1. The highest BCUT2D eigenvalue weighted by Gasteiger charge is 2.19. The van der Waals surface area contributed by atoms with Crippen molar-refractivity contribution in [3.63, 3.8) is 0 Å². The standard InChI is InChI=1S/C17H26N2O6S/c1-4-25-14-5-7-15(8-6-14)26(23,24)18-11-9-16(20)19(13(2)3)12-10-17(21)22/h5-8,13,18H,4,9-12H2,1-3H3,(H,21,22). The van der Waals surface area contributed by atoms with Gasteiger partial charge in [0.1, 0.15) is 5.75 Å². The molecular weight excluding hydrogens is 360 g/mol. The van der Waals surface area contributed by atoms with Gasteiger partial charge in [-0.2, -0.15) is 0 Å². The summed E-state index contributed by atoms with van der Waals surface area (Å²) in [5, 5.41) is 8.75. The smallest absolute Gasteiger partial charge is 0.305 e. The minimum Gasteiger partial charge on any atom is -0.494 e. The predicted octanol–water partition coefficient (Wildman–Crippen LogP) is 1.47. The molecule has 0 spiro atoms. The molecule has 0 heterocycles. The van der Waals surface area contributed by atoms with Gasteiger partial charge in [0.15, 0.2) is 0 Å². The molecule has 0 aromatic heterocycles. The summed E-state index contributed by atoms with van der Waals surface area (Å²) in [6, 6.07) is 5.83. The molecular formula is C17H26N2O6S. The molecule has 0 radical (unpaired) electrons. The molecule has 0 aliphatic rings. The van der Waals surface area contributed by atoms with E-state index in [1.807, 2.05) is 6.92 Å². The molecule has 0 unspecified atom stereocenters. The molecule has 0 aliphatic carbocycles. The first kappa shape index (κ1) is 21.9. The molecule has 0 atom stereocenters. The lowest BCUT2D eigenvalue weighted by Crippen LogP contribution is -2.40. The van der Waals surface area contributed by atoms with E-state index in [9.17, 15) is 18.0 Å². The van der Waals surface area contributed by atoms with E-state index in [-0.39, 0.29) is 42.8 Å². The summed E-state index contributed by atoms with van der Waals surface area (Å²) in [7, 11) is -3.73. The number of amides is 1. The van der Waals surface area contributed by atoms with Crippen molar-refractivity contribution in [3.05, 3.63) is 24.3 Å². The summed E-state index contributed by atoms with van der Waals surface area (Å²) in [5.74, 6) is -0.706. The average Bonchev–Trinajstić information content (AvgIpc) is 2.55. The van der Waals surface area contributed by atoms with E-state index in [4.69, 9.17) is 9.84 Å². The Kier molecular flexibility index (Phi) is 8.53. The van der Waals surface area contributed by atoms with Gasteiger partial charge in [0, 0.05) is 25.6 Å². The predicted molar refractivity (Wildman–Crippen MR) is 96.5 cm³/mol. The van der Waals surface area contributed by atoms with E-state index in [2.05, 4.69) is 4.72 Å². The van der Waals surface area contributed by atoms with E-state index in [1.165, 1.54) is 17.0 Å². The molecule has 8 nitrogen and oxygen atoms in total. The Labute approximate surface area is 154 Å². The summed E-state index contributed by atoms with van der Waals surface area (Å²) in [5.41, 5.74) is 0. The van der Waals surface area contributed by atoms with E-state index >= 15 is 0 Å². The van der Waals surface area contributed by atoms with E-state index < -0.39 is 16.0 Å². The first-order valence-corrected chi connectivity index (χ1v) is 9.89. The Morgan fingerprint density at radius 3 is 2.31 bits per heavy atom. The van der Waals surface area contributed by atoms with Gasteiger partial charge in [0.25, 0.3) is 0 Å². The van der Waals surface area contributed by atoms with Gasteiger partial charge in [-0.1, -0.05) is 0 Å². The second kappa shape index (κ2) is 10.1. The van der Waals surface area contributed by atoms with Crippen molar-refractivity contribution >= 4 is 21.9 Å². The number of benzene rings is 1. The third-order valence-electron chi connectivity index (χ3n) is 3.59. The van der Waals surface area contributed by atoms with E-state index in [1.54, 1.807) is 26.0 Å². The van der Waals surface area contributed by atoms with Crippen LogP contribution in [0.5, 0.6) is 5.75 Å². The number of ether oxygens (including phenoxy) is 1. The second-order valence-electron chi connectivity index (χ2n) is 5.88. The summed E-state index contributed by atoms with van der Waals surface area (Å²) in [6.45, 7) is 5.91. The lowest BCUT2D eigenvalue weighted by Gasteiger charge is -2.26. The second-order valence-corrected chi connectivity index (χ2v) is 7.64. The maximum atomic E-state index is 12.2. The minimum absolute atomic E-state index is 0.0476. The number of nitrogens with one attached hydrogen (secondary N) is 1. The van der Waals surface area contributed by atoms with Gasteiger partial charge in [-0.3, -0.25) is 9.59 Å². The largest absolute Gasteiger partial charge is 0.494 e. The van der Waals surface area contributed by atoms with Crippen LogP contribution in [0.2, 0.25) is 0 Å². The highest BCUT2D eigenvalue weighted by atomic mass is 32.2. The monoisotopic (exact) mass is 386 g/mol. The van der Waals surface area contributed by atoms with Crippen molar-refractivity contribution in [2.75, 3.05) is 19.7 Å². The number of carboxylic acids is 1. The first-order valence-electron chi connectivity index (χ1n) is 8.41. The Balaban J connectivity index is 2.60. The van der Waals surface area contributed by atoms with Crippen LogP contribution in [-0.2, 0) is 19.6 Å². The van der Waals surface area contributed by atoms with Gasteiger partial charge >= 0.3 is 5.97 Å². The van der Waals surface area contributed by atoms with Crippen LogP contribution in [0.3, 0.4) is 0 Å². The van der Waals surface area contributed by atoms with Gasteiger partial charge in [-0.15, -0.1) is 0 Å². The summed E-state index contributed by atoms with van der Waals surface area (Å²) in [4.78, 5) is 24.4. The van der Waals surface area contributed by atoms with Crippen LogP contribution in [0.4, 0.5) is 0 Å². The van der Waals surface area contributed by atoms with Gasteiger partial charge in [-0.25, -0.2) is 13.1 Å². The number of carbonyl (C=O) groups excluding carboxylic acids is 1. The summed E-state index contributed by atoms with van der Waals surface area (Å²) < 4.78 is 32.1. The molecule has 146 valence electrons.